The number of rotatable bonds is 4. The maximum absolute atomic E-state index is 12.0. The van der Waals surface area contributed by atoms with Crippen LogP contribution in [0.3, 0.4) is 0 Å². The Morgan fingerprint density at radius 2 is 1.67 bits per heavy atom. The molecule has 1 unspecified atom stereocenters. The third kappa shape index (κ3) is 4.01. The Hall–Kier alpha value is 1.03. The van der Waals surface area contributed by atoms with Crippen molar-refractivity contribution in [3.63, 3.8) is 0 Å². The Morgan fingerprint density at radius 3 is 2.00 bits per heavy atom. The third-order valence-electron chi connectivity index (χ3n) is 3.39. The van der Waals surface area contributed by atoms with Crippen LogP contribution in [0.25, 0.3) is 0 Å². The SMILES string of the molecule is CCCC(C)C1(CC)C(=O)NC(=S)NC1=O.[H-].[H-].[Na+].[Na+]. The van der Waals surface area contributed by atoms with E-state index in [0.717, 1.165) is 12.8 Å². The zero-order valence-corrected chi connectivity index (χ0v) is 16.7. The molecule has 1 aliphatic rings. The van der Waals surface area contributed by atoms with Crippen LogP contribution in [0.4, 0.5) is 0 Å². The van der Waals surface area contributed by atoms with Gasteiger partial charge in [-0.2, -0.15) is 0 Å². The van der Waals surface area contributed by atoms with E-state index in [9.17, 15) is 9.59 Å². The molecule has 0 aromatic heterocycles. The van der Waals surface area contributed by atoms with Crippen LogP contribution in [0.2, 0.25) is 0 Å². The van der Waals surface area contributed by atoms with E-state index in [-0.39, 0.29) is 84.8 Å². The van der Waals surface area contributed by atoms with Crippen molar-refractivity contribution in [3.05, 3.63) is 0 Å². The maximum atomic E-state index is 12.0. The smallest absolute Gasteiger partial charge is 1.00 e. The second-order valence-electron chi connectivity index (χ2n) is 4.25. The first-order valence-corrected chi connectivity index (χ1v) is 6.06. The molecular weight excluding hydrogens is 270 g/mol. The summed E-state index contributed by atoms with van der Waals surface area (Å²) in [6.07, 6.45) is 2.30. The Balaban J connectivity index is -0.000000320. The minimum absolute atomic E-state index is 0. The molecule has 0 aromatic carbocycles. The molecule has 1 saturated heterocycles. The second kappa shape index (κ2) is 9.06. The molecule has 2 amide bonds. The van der Waals surface area contributed by atoms with Crippen molar-refractivity contribution in [1.82, 2.24) is 10.6 Å². The number of hydrogen-bond donors (Lipinski definition) is 2. The summed E-state index contributed by atoms with van der Waals surface area (Å²) in [6, 6.07) is 0. The molecule has 18 heavy (non-hydrogen) atoms. The Bertz CT molecular complexity index is 326. The van der Waals surface area contributed by atoms with Gasteiger partial charge in [0.1, 0.15) is 5.41 Å². The van der Waals surface area contributed by atoms with Gasteiger partial charge in [0.2, 0.25) is 11.8 Å². The molecule has 1 atom stereocenters. The second-order valence-corrected chi connectivity index (χ2v) is 4.66. The molecule has 4 nitrogen and oxygen atoms in total. The molecule has 1 heterocycles. The van der Waals surface area contributed by atoms with E-state index in [0.29, 0.717) is 6.42 Å². The van der Waals surface area contributed by atoms with Gasteiger partial charge in [0.05, 0.1) is 0 Å². The van der Waals surface area contributed by atoms with E-state index in [4.69, 9.17) is 12.2 Å². The quantitative estimate of drug-likeness (QED) is 0.312. The molecule has 0 spiro atoms. The summed E-state index contributed by atoms with van der Waals surface area (Å²) in [6.45, 7) is 5.85. The maximum Gasteiger partial charge on any atom is 1.00 e. The molecule has 0 aliphatic carbocycles. The average molecular weight is 290 g/mol. The normalized spacial score (nSPS) is 18.9. The Kier molecular flexibility index (Phi) is 10.7. The summed E-state index contributed by atoms with van der Waals surface area (Å²) >= 11 is 4.80. The average Bonchev–Trinajstić information content (AvgIpc) is 2.18. The van der Waals surface area contributed by atoms with Crippen molar-refractivity contribution in [1.29, 1.82) is 0 Å². The molecule has 0 bridgehead atoms. The van der Waals surface area contributed by atoms with Crippen LogP contribution in [0.5, 0.6) is 0 Å². The molecule has 0 aromatic rings. The number of carbonyl (C=O) groups is 2. The minimum Gasteiger partial charge on any atom is -1.00 e. The first-order chi connectivity index (χ1) is 7.48. The summed E-state index contributed by atoms with van der Waals surface area (Å²) < 4.78 is 0. The molecule has 1 rings (SSSR count). The molecule has 94 valence electrons. The first kappa shape index (κ1) is 21.3. The number of amides is 2. The fourth-order valence-corrected chi connectivity index (χ4v) is 2.55. The standard InChI is InChI=1S/C11H18N2O2S.2Na.2H/c1-4-6-7(3)11(5-2)8(14)12-10(16)13-9(11)15;;;;/h7H,4-6H2,1-3H3,(H2,12,13,14,15,16);;;;/q;2*+1;2*-1. The van der Waals surface area contributed by atoms with Crippen molar-refractivity contribution < 1.29 is 71.6 Å². The third-order valence-corrected chi connectivity index (χ3v) is 3.59. The minimum atomic E-state index is -0.960. The van der Waals surface area contributed by atoms with Crippen molar-refractivity contribution in [3.8, 4) is 0 Å². The van der Waals surface area contributed by atoms with Gasteiger partial charge < -0.3 is 13.5 Å². The van der Waals surface area contributed by atoms with Crippen molar-refractivity contribution >= 4 is 29.1 Å². The summed E-state index contributed by atoms with van der Waals surface area (Å²) in [7, 11) is 0. The number of carbonyl (C=O) groups excluding carboxylic acids is 2. The predicted octanol–water partition coefficient (Wildman–Crippen LogP) is -4.42. The van der Waals surface area contributed by atoms with E-state index in [1.54, 1.807) is 0 Å². The summed E-state index contributed by atoms with van der Waals surface area (Å²) in [4.78, 5) is 24.0. The summed E-state index contributed by atoms with van der Waals surface area (Å²) in [5.74, 6) is -0.500. The van der Waals surface area contributed by atoms with E-state index in [1.165, 1.54) is 0 Å². The fourth-order valence-electron chi connectivity index (χ4n) is 2.36. The number of hydrogen-bond acceptors (Lipinski definition) is 3. The van der Waals surface area contributed by atoms with Crippen LogP contribution < -0.4 is 69.7 Å². The van der Waals surface area contributed by atoms with Gasteiger partial charge in [-0.05, 0) is 31.0 Å². The van der Waals surface area contributed by atoms with Crippen molar-refractivity contribution in [2.75, 3.05) is 0 Å². The van der Waals surface area contributed by atoms with Crippen LogP contribution >= 0.6 is 12.2 Å². The van der Waals surface area contributed by atoms with Gasteiger partial charge in [-0.3, -0.25) is 9.59 Å². The fraction of sp³-hybridized carbons (Fsp3) is 0.727. The van der Waals surface area contributed by atoms with Gasteiger partial charge in [-0.15, -0.1) is 0 Å². The van der Waals surface area contributed by atoms with E-state index in [2.05, 4.69) is 10.6 Å². The van der Waals surface area contributed by atoms with Gasteiger partial charge in [-0.25, -0.2) is 0 Å². The summed E-state index contributed by atoms with van der Waals surface area (Å²) in [5, 5.41) is 5.22. The van der Waals surface area contributed by atoms with Gasteiger partial charge in [0.25, 0.3) is 0 Å². The zero-order chi connectivity index (χ0) is 12.3. The Morgan fingerprint density at radius 1 is 1.22 bits per heavy atom. The molecular formula is C11H20N2Na2O2S. The number of thiocarbonyl (C=S) groups is 1. The Labute approximate surface area is 161 Å². The molecule has 0 saturated carbocycles. The van der Waals surface area contributed by atoms with Gasteiger partial charge >= 0.3 is 59.1 Å². The number of nitrogens with one attached hydrogen (secondary N) is 2. The van der Waals surface area contributed by atoms with Gasteiger partial charge in [0, 0.05) is 0 Å². The van der Waals surface area contributed by atoms with Crippen molar-refractivity contribution in [2.24, 2.45) is 11.3 Å². The predicted molar refractivity (Wildman–Crippen MR) is 67.9 cm³/mol. The van der Waals surface area contributed by atoms with Gasteiger partial charge in [-0.1, -0.05) is 27.2 Å². The molecule has 1 fully saturated rings. The largest absolute Gasteiger partial charge is 1.00 e. The van der Waals surface area contributed by atoms with Crippen LogP contribution in [0.15, 0.2) is 0 Å². The van der Waals surface area contributed by atoms with Gasteiger partial charge in [0.15, 0.2) is 5.11 Å². The van der Waals surface area contributed by atoms with Crippen LogP contribution in [-0.4, -0.2) is 16.9 Å². The molecule has 1 aliphatic heterocycles. The van der Waals surface area contributed by atoms with Crippen LogP contribution in [-0.2, 0) is 9.59 Å². The first-order valence-electron chi connectivity index (χ1n) is 5.65. The van der Waals surface area contributed by atoms with Crippen molar-refractivity contribution in [2.45, 2.75) is 40.0 Å². The van der Waals surface area contributed by atoms with E-state index < -0.39 is 5.41 Å². The molecule has 7 heteroatoms. The van der Waals surface area contributed by atoms with Crippen LogP contribution in [0.1, 0.15) is 42.9 Å². The summed E-state index contributed by atoms with van der Waals surface area (Å²) in [5.41, 5.74) is -0.960. The van der Waals surface area contributed by atoms with E-state index >= 15 is 0 Å². The topological polar surface area (TPSA) is 58.2 Å². The molecule has 2 N–H and O–H groups in total. The van der Waals surface area contributed by atoms with Crippen LogP contribution in [0, 0.1) is 11.3 Å². The zero-order valence-electron chi connectivity index (χ0n) is 13.9. The monoisotopic (exact) mass is 290 g/mol. The van der Waals surface area contributed by atoms with E-state index in [1.807, 2.05) is 20.8 Å². The molecule has 0 radical (unpaired) electrons.